The zero-order valence-electron chi connectivity index (χ0n) is 8.32. The number of rotatable bonds is 2. The Balaban J connectivity index is 0.000000980. The molecule has 2 nitrogen and oxygen atoms in total. The van der Waals surface area contributed by atoms with Crippen molar-refractivity contribution in [2.75, 3.05) is 20.2 Å². The maximum absolute atomic E-state index is 5.33. The minimum Gasteiger partial charge on any atom is -0.496 e. The fraction of sp³-hybridized carbons (Fsp3) is 0.455. The van der Waals surface area contributed by atoms with Crippen LogP contribution in [0.2, 0.25) is 0 Å². The van der Waals surface area contributed by atoms with Crippen LogP contribution in [0.3, 0.4) is 0 Å². The predicted molar refractivity (Wildman–Crippen MR) is 60.5 cm³/mol. The van der Waals surface area contributed by atoms with Gasteiger partial charge in [0, 0.05) is 12.5 Å². The van der Waals surface area contributed by atoms with E-state index in [4.69, 9.17) is 4.74 Å². The summed E-state index contributed by atoms with van der Waals surface area (Å²) in [6.07, 6.45) is 1.22. The van der Waals surface area contributed by atoms with Crippen molar-refractivity contribution < 1.29 is 4.74 Å². The molecule has 3 heteroatoms. The van der Waals surface area contributed by atoms with Crippen LogP contribution < -0.4 is 10.1 Å². The van der Waals surface area contributed by atoms with Crippen molar-refractivity contribution in [2.45, 2.75) is 12.3 Å². The van der Waals surface area contributed by atoms with E-state index in [2.05, 4.69) is 17.4 Å². The zero-order valence-corrected chi connectivity index (χ0v) is 9.14. The third-order valence-electron chi connectivity index (χ3n) is 2.64. The number of methoxy groups -OCH3 is 1. The highest BCUT2D eigenvalue weighted by Gasteiger charge is 2.19. The van der Waals surface area contributed by atoms with Gasteiger partial charge in [-0.1, -0.05) is 18.2 Å². The Morgan fingerprint density at radius 3 is 2.79 bits per heavy atom. The van der Waals surface area contributed by atoms with Crippen molar-refractivity contribution in [3.05, 3.63) is 29.8 Å². The van der Waals surface area contributed by atoms with Crippen LogP contribution in [0.4, 0.5) is 0 Å². The van der Waals surface area contributed by atoms with E-state index in [9.17, 15) is 0 Å². The molecule has 1 aromatic carbocycles. The van der Waals surface area contributed by atoms with Crippen LogP contribution in [-0.2, 0) is 0 Å². The molecule has 0 unspecified atom stereocenters. The monoisotopic (exact) mass is 213 g/mol. The summed E-state index contributed by atoms with van der Waals surface area (Å²) in [5.41, 5.74) is 1.34. The molecule has 1 aliphatic rings. The summed E-state index contributed by atoms with van der Waals surface area (Å²) in [5, 5.41) is 3.37. The van der Waals surface area contributed by atoms with Crippen LogP contribution in [-0.4, -0.2) is 20.2 Å². The second-order valence-electron chi connectivity index (χ2n) is 3.43. The second kappa shape index (κ2) is 5.23. The third-order valence-corrected chi connectivity index (χ3v) is 2.64. The van der Waals surface area contributed by atoms with E-state index < -0.39 is 0 Å². The van der Waals surface area contributed by atoms with Crippen LogP contribution >= 0.6 is 12.4 Å². The highest BCUT2D eigenvalue weighted by molar-refractivity contribution is 5.85. The minimum atomic E-state index is 0. The molecule has 2 rings (SSSR count). The van der Waals surface area contributed by atoms with Crippen LogP contribution in [0, 0.1) is 0 Å². The quantitative estimate of drug-likeness (QED) is 0.814. The number of benzene rings is 1. The SMILES string of the molecule is COc1ccccc1[C@@H]1CCNC1.Cl. The standard InChI is InChI=1S/C11H15NO.ClH/c1-13-11-5-3-2-4-10(11)9-6-7-12-8-9;/h2-5,9,12H,6-8H2,1H3;1H/t9-;/m1./s1. The molecule has 0 amide bonds. The number of para-hydroxylation sites is 1. The number of nitrogens with one attached hydrogen (secondary N) is 1. The summed E-state index contributed by atoms with van der Waals surface area (Å²) in [4.78, 5) is 0. The van der Waals surface area contributed by atoms with E-state index in [0.717, 1.165) is 18.8 Å². The van der Waals surface area contributed by atoms with Crippen LogP contribution in [0.5, 0.6) is 5.75 Å². The average molecular weight is 214 g/mol. The molecule has 1 atom stereocenters. The van der Waals surface area contributed by atoms with Crippen LogP contribution in [0.25, 0.3) is 0 Å². The molecule has 1 N–H and O–H groups in total. The van der Waals surface area contributed by atoms with Gasteiger partial charge in [-0.15, -0.1) is 12.4 Å². The summed E-state index contributed by atoms with van der Waals surface area (Å²) in [5.74, 6) is 1.66. The number of halogens is 1. The molecule has 14 heavy (non-hydrogen) atoms. The predicted octanol–water partition coefficient (Wildman–Crippen LogP) is 2.19. The first-order chi connectivity index (χ1) is 6.42. The van der Waals surface area contributed by atoms with Gasteiger partial charge in [0.15, 0.2) is 0 Å². The fourth-order valence-corrected chi connectivity index (χ4v) is 1.92. The Morgan fingerprint density at radius 1 is 1.36 bits per heavy atom. The lowest BCUT2D eigenvalue weighted by atomic mass is 9.97. The van der Waals surface area contributed by atoms with Gasteiger partial charge in [-0.2, -0.15) is 0 Å². The van der Waals surface area contributed by atoms with Gasteiger partial charge < -0.3 is 10.1 Å². The maximum atomic E-state index is 5.33. The first-order valence-electron chi connectivity index (χ1n) is 4.75. The minimum absolute atomic E-state index is 0. The molecule has 0 aliphatic carbocycles. The molecular formula is C11H16ClNO. The van der Waals surface area contributed by atoms with Gasteiger partial charge in [0.2, 0.25) is 0 Å². The largest absolute Gasteiger partial charge is 0.496 e. The van der Waals surface area contributed by atoms with Crippen molar-refractivity contribution in [3.8, 4) is 5.75 Å². The summed E-state index contributed by atoms with van der Waals surface area (Å²) >= 11 is 0. The van der Waals surface area contributed by atoms with Crippen molar-refractivity contribution in [1.82, 2.24) is 5.32 Å². The highest BCUT2D eigenvalue weighted by atomic mass is 35.5. The van der Waals surface area contributed by atoms with Crippen LogP contribution in [0.1, 0.15) is 17.9 Å². The summed E-state index contributed by atoms with van der Waals surface area (Å²) in [7, 11) is 1.74. The molecule has 1 aromatic rings. The van der Waals surface area contributed by atoms with Gasteiger partial charge in [0.05, 0.1) is 7.11 Å². The fourth-order valence-electron chi connectivity index (χ4n) is 1.92. The Bertz CT molecular complexity index is 284. The average Bonchev–Trinajstić information content (AvgIpc) is 2.70. The number of hydrogen-bond donors (Lipinski definition) is 1. The van der Waals surface area contributed by atoms with Gasteiger partial charge in [-0.3, -0.25) is 0 Å². The Labute approximate surface area is 91.1 Å². The second-order valence-corrected chi connectivity index (χ2v) is 3.43. The molecule has 78 valence electrons. The lowest BCUT2D eigenvalue weighted by Gasteiger charge is -2.12. The van der Waals surface area contributed by atoms with E-state index in [0.29, 0.717) is 5.92 Å². The molecule has 1 aliphatic heterocycles. The van der Waals surface area contributed by atoms with E-state index in [1.165, 1.54) is 12.0 Å². The van der Waals surface area contributed by atoms with Gasteiger partial charge >= 0.3 is 0 Å². The lowest BCUT2D eigenvalue weighted by molar-refractivity contribution is 0.406. The highest BCUT2D eigenvalue weighted by Crippen LogP contribution is 2.29. The van der Waals surface area contributed by atoms with Crippen molar-refractivity contribution in [2.24, 2.45) is 0 Å². The number of hydrogen-bond acceptors (Lipinski definition) is 2. The topological polar surface area (TPSA) is 21.3 Å². The Hall–Kier alpha value is -0.730. The Morgan fingerprint density at radius 2 is 2.14 bits per heavy atom. The van der Waals surface area contributed by atoms with Crippen molar-refractivity contribution in [1.29, 1.82) is 0 Å². The maximum Gasteiger partial charge on any atom is 0.122 e. The zero-order chi connectivity index (χ0) is 9.10. The first-order valence-corrected chi connectivity index (χ1v) is 4.75. The molecule has 0 bridgehead atoms. The molecule has 0 radical (unpaired) electrons. The third kappa shape index (κ3) is 2.20. The van der Waals surface area contributed by atoms with E-state index in [1.807, 2.05) is 12.1 Å². The molecule has 1 heterocycles. The van der Waals surface area contributed by atoms with E-state index >= 15 is 0 Å². The molecule has 0 saturated carbocycles. The number of ether oxygens (including phenoxy) is 1. The van der Waals surface area contributed by atoms with E-state index in [1.54, 1.807) is 7.11 Å². The Kier molecular flexibility index (Phi) is 4.23. The smallest absolute Gasteiger partial charge is 0.122 e. The summed E-state index contributed by atoms with van der Waals surface area (Å²) in [6, 6.07) is 8.30. The van der Waals surface area contributed by atoms with Gasteiger partial charge in [0.25, 0.3) is 0 Å². The summed E-state index contributed by atoms with van der Waals surface area (Å²) < 4.78 is 5.33. The molecular weight excluding hydrogens is 198 g/mol. The summed E-state index contributed by atoms with van der Waals surface area (Å²) in [6.45, 7) is 2.21. The molecule has 1 saturated heterocycles. The van der Waals surface area contributed by atoms with Crippen LogP contribution in [0.15, 0.2) is 24.3 Å². The van der Waals surface area contributed by atoms with Crippen molar-refractivity contribution >= 4 is 12.4 Å². The van der Waals surface area contributed by atoms with Crippen molar-refractivity contribution in [3.63, 3.8) is 0 Å². The van der Waals surface area contributed by atoms with Gasteiger partial charge in [-0.05, 0) is 24.6 Å². The van der Waals surface area contributed by atoms with E-state index in [-0.39, 0.29) is 12.4 Å². The normalized spacial score (nSPS) is 20.2. The first kappa shape index (κ1) is 11.3. The van der Waals surface area contributed by atoms with Gasteiger partial charge in [-0.25, -0.2) is 0 Å². The molecule has 1 fully saturated rings. The van der Waals surface area contributed by atoms with Gasteiger partial charge in [0.1, 0.15) is 5.75 Å². The molecule has 0 spiro atoms. The molecule has 0 aromatic heterocycles. The lowest BCUT2D eigenvalue weighted by Crippen LogP contribution is -2.08.